The van der Waals surface area contributed by atoms with Crippen LogP contribution in [0.3, 0.4) is 0 Å². The van der Waals surface area contributed by atoms with Crippen molar-refractivity contribution in [1.82, 2.24) is 5.43 Å². The zero-order valence-corrected chi connectivity index (χ0v) is 13.7. The molecule has 0 saturated carbocycles. The van der Waals surface area contributed by atoms with Crippen LogP contribution in [0.1, 0.15) is 12.5 Å². The summed E-state index contributed by atoms with van der Waals surface area (Å²) in [5, 5.41) is 6.99. The van der Waals surface area contributed by atoms with Crippen molar-refractivity contribution >= 4 is 40.5 Å². The van der Waals surface area contributed by atoms with Crippen LogP contribution >= 0.6 is 23.2 Å². The number of para-hydroxylation sites is 1. The van der Waals surface area contributed by atoms with E-state index in [0.29, 0.717) is 5.71 Å². The maximum Gasteiger partial charge on any atom is 0.259 e. The van der Waals surface area contributed by atoms with Crippen molar-refractivity contribution in [1.29, 1.82) is 0 Å². The van der Waals surface area contributed by atoms with Gasteiger partial charge in [0.2, 0.25) is 0 Å². The van der Waals surface area contributed by atoms with Crippen LogP contribution in [0.5, 0.6) is 0 Å². The number of nitrogens with one attached hydrogen (secondary N) is 2. The van der Waals surface area contributed by atoms with Crippen LogP contribution in [0.2, 0.25) is 10.0 Å². The van der Waals surface area contributed by atoms with E-state index in [-0.39, 0.29) is 28.1 Å². The molecule has 0 bridgehead atoms. The van der Waals surface area contributed by atoms with Gasteiger partial charge in [-0.2, -0.15) is 5.10 Å². The van der Waals surface area contributed by atoms with Gasteiger partial charge in [-0.15, -0.1) is 0 Å². The lowest BCUT2D eigenvalue weighted by Gasteiger charge is -2.08. The fourth-order valence-electron chi connectivity index (χ4n) is 1.84. The highest BCUT2D eigenvalue weighted by Gasteiger charge is 2.13. The highest BCUT2D eigenvalue weighted by atomic mass is 35.5. The van der Waals surface area contributed by atoms with E-state index in [9.17, 15) is 9.18 Å². The summed E-state index contributed by atoms with van der Waals surface area (Å²) in [6.07, 6.45) is 0. The second-order valence-corrected chi connectivity index (χ2v) is 5.46. The molecule has 0 saturated heterocycles. The summed E-state index contributed by atoms with van der Waals surface area (Å²) in [6.45, 7) is 1.63. The van der Waals surface area contributed by atoms with Gasteiger partial charge in [-0.3, -0.25) is 4.79 Å². The molecule has 7 heteroatoms. The summed E-state index contributed by atoms with van der Waals surface area (Å²) in [5.41, 5.74) is 3.76. The van der Waals surface area contributed by atoms with Crippen LogP contribution in [0.15, 0.2) is 47.6 Å². The van der Waals surface area contributed by atoms with Gasteiger partial charge in [0, 0.05) is 11.3 Å². The van der Waals surface area contributed by atoms with Gasteiger partial charge in [0.25, 0.3) is 5.91 Å². The third kappa shape index (κ3) is 4.68. The summed E-state index contributed by atoms with van der Waals surface area (Å²) in [4.78, 5) is 11.8. The molecule has 2 N–H and O–H groups in total. The molecule has 0 aliphatic heterocycles. The van der Waals surface area contributed by atoms with E-state index >= 15 is 0 Å². The summed E-state index contributed by atoms with van der Waals surface area (Å²) in [7, 11) is 0. The van der Waals surface area contributed by atoms with Crippen molar-refractivity contribution in [2.75, 3.05) is 11.9 Å². The van der Waals surface area contributed by atoms with Crippen LogP contribution in [0, 0.1) is 5.82 Å². The molecular weight excluding hydrogens is 340 g/mol. The molecule has 2 rings (SSSR count). The van der Waals surface area contributed by atoms with Crippen LogP contribution in [0.4, 0.5) is 10.1 Å². The van der Waals surface area contributed by atoms with Gasteiger partial charge in [-0.1, -0.05) is 41.4 Å². The van der Waals surface area contributed by atoms with Gasteiger partial charge in [0.15, 0.2) is 0 Å². The van der Waals surface area contributed by atoms with Gasteiger partial charge >= 0.3 is 0 Å². The van der Waals surface area contributed by atoms with Gasteiger partial charge in [0.1, 0.15) is 5.82 Å². The normalized spacial score (nSPS) is 11.2. The maximum absolute atomic E-state index is 13.5. The van der Waals surface area contributed by atoms with Crippen LogP contribution in [-0.4, -0.2) is 18.2 Å². The molecule has 23 heavy (non-hydrogen) atoms. The number of hydrogen-bond acceptors (Lipinski definition) is 3. The van der Waals surface area contributed by atoms with Crippen molar-refractivity contribution in [3.63, 3.8) is 0 Å². The monoisotopic (exact) mass is 353 g/mol. The lowest BCUT2D eigenvalue weighted by Crippen LogP contribution is -2.26. The van der Waals surface area contributed by atoms with Crippen molar-refractivity contribution in [2.24, 2.45) is 5.10 Å². The minimum Gasteiger partial charge on any atom is -0.376 e. The summed E-state index contributed by atoms with van der Waals surface area (Å²) < 4.78 is 13.5. The van der Waals surface area contributed by atoms with E-state index < -0.39 is 5.82 Å². The van der Waals surface area contributed by atoms with Crippen molar-refractivity contribution in [2.45, 2.75) is 6.92 Å². The number of rotatable bonds is 5. The Morgan fingerprint density at radius 1 is 1.17 bits per heavy atom. The number of halogens is 3. The molecule has 0 spiro atoms. The second-order valence-electron chi connectivity index (χ2n) is 4.67. The van der Waals surface area contributed by atoms with Crippen LogP contribution < -0.4 is 10.7 Å². The van der Waals surface area contributed by atoms with Crippen LogP contribution in [-0.2, 0) is 4.79 Å². The first-order valence-electron chi connectivity index (χ1n) is 6.75. The summed E-state index contributed by atoms with van der Waals surface area (Å²) in [5.74, 6) is -0.950. The number of nitrogens with zero attached hydrogens (tertiary/aromatic N) is 1. The highest BCUT2D eigenvalue weighted by Crippen LogP contribution is 2.27. The minimum absolute atomic E-state index is 0.0470. The zero-order valence-electron chi connectivity index (χ0n) is 12.2. The molecule has 0 fully saturated rings. The number of carbonyl (C=O) groups excluding carboxylic acids is 1. The second kappa shape index (κ2) is 7.94. The SMILES string of the molecule is C/C(=N/NC(=O)CNc1ccccc1)c1c(Cl)ccc(F)c1Cl. The molecule has 0 aliphatic rings. The molecular formula is C16H14Cl2FN3O. The highest BCUT2D eigenvalue weighted by molar-refractivity contribution is 6.40. The fraction of sp³-hybridized carbons (Fsp3) is 0.125. The fourth-order valence-corrected chi connectivity index (χ4v) is 2.48. The Kier molecular flexibility index (Phi) is 5.96. The number of anilines is 1. The molecule has 0 unspecified atom stereocenters. The Balaban J connectivity index is 1.99. The standard InChI is InChI=1S/C16H14Cl2FN3O/c1-10(15-12(17)7-8-13(19)16(15)18)21-22-14(23)9-20-11-5-3-2-4-6-11/h2-8,20H,9H2,1H3,(H,22,23)/b21-10-. The Labute approximate surface area is 143 Å². The van der Waals surface area contributed by atoms with Gasteiger partial charge in [-0.05, 0) is 31.2 Å². The Morgan fingerprint density at radius 2 is 1.87 bits per heavy atom. The first-order valence-corrected chi connectivity index (χ1v) is 7.50. The molecule has 1 amide bonds. The molecule has 2 aromatic carbocycles. The average Bonchev–Trinajstić information content (AvgIpc) is 2.56. The molecule has 4 nitrogen and oxygen atoms in total. The number of hydrazone groups is 1. The number of benzene rings is 2. The Morgan fingerprint density at radius 3 is 2.57 bits per heavy atom. The van der Waals surface area contributed by atoms with Gasteiger partial charge in [-0.25, -0.2) is 9.82 Å². The Hall–Kier alpha value is -2.11. The molecule has 2 aromatic rings. The third-order valence-corrected chi connectivity index (χ3v) is 3.67. The summed E-state index contributed by atoms with van der Waals surface area (Å²) >= 11 is 11.9. The number of amides is 1. The van der Waals surface area contributed by atoms with Crippen molar-refractivity contribution < 1.29 is 9.18 Å². The van der Waals surface area contributed by atoms with E-state index in [1.807, 2.05) is 30.3 Å². The molecule has 0 aliphatic carbocycles. The minimum atomic E-state index is -0.599. The molecule has 120 valence electrons. The Bertz CT molecular complexity index is 736. The van der Waals surface area contributed by atoms with E-state index in [2.05, 4.69) is 15.8 Å². The lowest BCUT2D eigenvalue weighted by molar-refractivity contribution is -0.119. The van der Waals surface area contributed by atoms with E-state index in [0.717, 1.165) is 5.69 Å². The first kappa shape index (κ1) is 17.2. The molecule has 0 atom stereocenters. The molecule has 0 heterocycles. The van der Waals surface area contributed by atoms with Gasteiger partial charge < -0.3 is 5.32 Å². The van der Waals surface area contributed by atoms with Crippen molar-refractivity contribution in [3.05, 3.63) is 63.9 Å². The predicted octanol–water partition coefficient (Wildman–Crippen LogP) is 4.08. The smallest absolute Gasteiger partial charge is 0.259 e. The molecule has 0 radical (unpaired) electrons. The number of carbonyl (C=O) groups is 1. The first-order chi connectivity index (χ1) is 11.0. The summed E-state index contributed by atoms with van der Waals surface area (Å²) in [6, 6.07) is 11.8. The van der Waals surface area contributed by atoms with Crippen molar-refractivity contribution in [3.8, 4) is 0 Å². The molecule has 0 aromatic heterocycles. The quantitative estimate of drug-likeness (QED) is 0.483. The van der Waals surface area contributed by atoms with Gasteiger partial charge in [0.05, 0.1) is 22.3 Å². The third-order valence-electron chi connectivity index (χ3n) is 2.98. The van der Waals surface area contributed by atoms with E-state index in [4.69, 9.17) is 23.2 Å². The van der Waals surface area contributed by atoms with E-state index in [1.54, 1.807) is 6.92 Å². The largest absolute Gasteiger partial charge is 0.376 e. The zero-order chi connectivity index (χ0) is 16.8. The topological polar surface area (TPSA) is 53.5 Å². The number of hydrogen-bond donors (Lipinski definition) is 2. The lowest BCUT2D eigenvalue weighted by atomic mass is 10.1. The van der Waals surface area contributed by atoms with E-state index in [1.165, 1.54) is 12.1 Å². The van der Waals surface area contributed by atoms with Crippen LogP contribution in [0.25, 0.3) is 0 Å². The maximum atomic E-state index is 13.5. The predicted molar refractivity (Wildman–Crippen MR) is 91.7 cm³/mol. The average molecular weight is 354 g/mol.